The summed E-state index contributed by atoms with van der Waals surface area (Å²) in [6.07, 6.45) is 0. The molecule has 0 heterocycles. The quantitative estimate of drug-likeness (QED) is 0.890. The highest BCUT2D eigenvalue weighted by molar-refractivity contribution is 5.92. The van der Waals surface area contributed by atoms with Crippen molar-refractivity contribution in [3.8, 4) is 0 Å². The maximum atomic E-state index is 12.1. The van der Waals surface area contributed by atoms with Crippen LogP contribution < -0.4 is 10.2 Å². The summed E-state index contributed by atoms with van der Waals surface area (Å²) in [5.74, 6) is 0.00621. The number of nitrogens with one attached hydrogen (secondary N) is 1. The number of anilines is 2. The second-order valence-corrected chi connectivity index (χ2v) is 6.10. The molecule has 0 atom stereocenters. The van der Waals surface area contributed by atoms with Crippen molar-refractivity contribution in [1.82, 2.24) is 4.90 Å². The molecule has 0 fully saturated rings. The van der Waals surface area contributed by atoms with Crippen molar-refractivity contribution < 1.29 is 4.79 Å². The molecular weight excluding hydrogens is 286 g/mol. The molecule has 0 aliphatic heterocycles. The standard InChI is InChI=1S/C19H25N3O/c1-15-7-5-6-8-18(15)20-19(23)14-22(4)13-16-9-11-17(12-10-16)21(2)3/h5-12H,13-14H2,1-4H3,(H,20,23). The topological polar surface area (TPSA) is 35.6 Å². The van der Waals surface area contributed by atoms with Crippen LogP contribution in [-0.4, -0.2) is 38.5 Å². The lowest BCUT2D eigenvalue weighted by Gasteiger charge is -2.18. The third-order valence-corrected chi connectivity index (χ3v) is 3.74. The normalized spacial score (nSPS) is 10.7. The van der Waals surface area contributed by atoms with Gasteiger partial charge in [0.15, 0.2) is 0 Å². The molecule has 122 valence electrons. The van der Waals surface area contributed by atoms with E-state index in [0.717, 1.165) is 17.8 Å². The largest absolute Gasteiger partial charge is 0.378 e. The van der Waals surface area contributed by atoms with E-state index in [9.17, 15) is 4.79 Å². The third-order valence-electron chi connectivity index (χ3n) is 3.74. The van der Waals surface area contributed by atoms with Gasteiger partial charge in [0, 0.05) is 32.0 Å². The highest BCUT2D eigenvalue weighted by atomic mass is 16.2. The number of carbonyl (C=O) groups is 1. The molecule has 2 rings (SSSR count). The lowest BCUT2D eigenvalue weighted by Crippen LogP contribution is -2.30. The Hall–Kier alpha value is -2.33. The monoisotopic (exact) mass is 311 g/mol. The molecule has 2 aromatic carbocycles. The minimum atomic E-state index is 0.00621. The van der Waals surface area contributed by atoms with E-state index >= 15 is 0 Å². The zero-order chi connectivity index (χ0) is 16.8. The van der Waals surface area contributed by atoms with Gasteiger partial charge in [0.1, 0.15) is 0 Å². The predicted molar refractivity (Wildman–Crippen MR) is 96.9 cm³/mol. The van der Waals surface area contributed by atoms with E-state index < -0.39 is 0 Å². The maximum Gasteiger partial charge on any atom is 0.238 e. The summed E-state index contributed by atoms with van der Waals surface area (Å²) < 4.78 is 0. The van der Waals surface area contributed by atoms with Crippen molar-refractivity contribution >= 4 is 17.3 Å². The van der Waals surface area contributed by atoms with Crippen LogP contribution in [0.15, 0.2) is 48.5 Å². The Morgan fingerprint density at radius 1 is 1.00 bits per heavy atom. The fourth-order valence-corrected chi connectivity index (χ4v) is 2.42. The van der Waals surface area contributed by atoms with E-state index in [-0.39, 0.29) is 5.91 Å². The van der Waals surface area contributed by atoms with Crippen LogP contribution in [0, 0.1) is 6.92 Å². The molecule has 1 N–H and O–H groups in total. The molecule has 0 bridgehead atoms. The van der Waals surface area contributed by atoms with E-state index in [1.807, 2.05) is 57.2 Å². The van der Waals surface area contributed by atoms with Gasteiger partial charge >= 0.3 is 0 Å². The summed E-state index contributed by atoms with van der Waals surface area (Å²) in [5, 5.41) is 2.96. The SMILES string of the molecule is Cc1ccccc1NC(=O)CN(C)Cc1ccc(N(C)C)cc1. The number of hydrogen-bond acceptors (Lipinski definition) is 3. The molecule has 0 aromatic heterocycles. The van der Waals surface area contributed by atoms with Crippen LogP contribution in [0.25, 0.3) is 0 Å². The fraction of sp³-hybridized carbons (Fsp3) is 0.316. The predicted octanol–water partition coefficient (Wildman–Crippen LogP) is 3.13. The summed E-state index contributed by atoms with van der Waals surface area (Å²) in [6, 6.07) is 16.2. The minimum Gasteiger partial charge on any atom is -0.378 e. The maximum absolute atomic E-state index is 12.1. The van der Waals surface area contributed by atoms with E-state index in [4.69, 9.17) is 0 Å². The Labute approximate surface area is 138 Å². The first-order valence-electron chi connectivity index (χ1n) is 7.76. The number of nitrogens with zero attached hydrogens (tertiary/aromatic N) is 2. The molecule has 0 spiro atoms. The lowest BCUT2D eigenvalue weighted by molar-refractivity contribution is -0.117. The highest BCUT2D eigenvalue weighted by Crippen LogP contribution is 2.14. The fourth-order valence-electron chi connectivity index (χ4n) is 2.42. The molecule has 0 aliphatic carbocycles. The van der Waals surface area contributed by atoms with Gasteiger partial charge < -0.3 is 10.2 Å². The average Bonchev–Trinajstić information content (AvgIpc) is 2.50. The van der Waals surface area contributed by atoms with E-state index in [1.54, 1.807) is 0 Å². The van der Waals surface area contributed by atoms with Crippen LogP contribution in [0.5, 0.6) is 0 Å². The van der Waals surface area contributed by atoms with E-state index in [2.05, 4.69) is 34.5 Å². The Morgan fingerprint density at radius 2 is 1.65 bits per heavy atom. The van der Waals surface area contributed by atoms with Crippen LogP contribution in [0.2, 0.25) is 0 Å². The van der Waals surface area contributed by atoms with Gasteiger partial charge in [-0.15, -0.1) is 0 Å². The molecule has 0 saturated heterocycles. The second-order valence-electron chi connectivity index (χ2n) is 6.10. The van der Waals surface area contributed by atoms with Crippen molar-refractivity contribution in [3.63, 3.8) is 0 Å². The molecule has 4 nitrogen and oxygen atoms in total. The molecular formula is C19H25N3O. The summed E-state index contributed by atoms with van der Waals surface area (Å²) >= 11 is 0. The number of para-hydroxylation sites is 1. The Bertz CT molecular complexity index is 650. The van der Waals surface area contributed by atoms with Crippen LogP contribution in [-0.2, 0) is 11.3 Å². The first-order valence-corrected chi connectivity index (χ1v) is 7.76. The smallest absolute Gasteiger partial charge is 0.238 e. The van der Waals surface area contributed by atoms with Crippen molar-refractivity contribution in [3.05, 3.63) is 59.7 Å². The van der Waals surface area contributed by atoms with Crippen LogP contribution in [0.3, 0.4) is 0 Å². The van der Waals surface area contributed by atoms with Gasteiger partial charge in [-0.05, 0) is 43.3 Å². The Morgan fingerprint density at radius 3 is 2.26 bits per heavy atom. The van der Waals surface area contributed by atoms with Crippen LogP contribution in [0.1, 0.15) is 11.1 Å². The average molecular weight is 311 g/mol. The van der Waals surface area contributed by atoms with Crippen molar-refractivity contribution in [2.24, 2.45) is 0 Å². The molecule has 0 unspecified atom stereocenters. The van der Waals surface area contributed by atoms with Crippen LogP contribution in [0.4, 0.5) is 11.4 Å². The molecule has 4 heteroatoms. The molecule has 0 saturated carbocycles. The number of likely N-dealkylation sites (N-methyl/N-ethyl adjacent to an activating group) is 1. The number of amides is 1. The zero-order valence-corrected chi connectivity index (χ0v) is 14.3. The summed E-state index contributed by atoms with van der Waals surface area (Å²) in [6.45, 7) is 3.10. The van der Waals surface area contributed by atoms with Gasteiger partial charge in [0.2, 0.25) is 5.91 Å². The molecule has 0 aliphatic rings. The Kier molecular flexibility index (Phi) is 5.77. The zero-order valence-electron chi connectivity index (χ0n) is 14.3. The first-order chi connectivity index (χ1) is 11.0. The molecule has 23 heavy (non-hydrogen) atoms. The lowest BCUT2D eigenvalue weighted by atomic mass is 10.2. The molecule has 1 amide bonds. The first kappa shape index (κ1) is 17.0. The van der Waals surface area contributed by atoms with E-state index in [0.29, 0.717) is 6.54 Å². The third kappa shape index (κ3) is 5.11. The number of benzene rings is 2. The number of hydrogen-bond donors (Lipinski definition) is 1. The molecule has 0 radical (unpaired) electrons. The Balaban J connectivity index is 1.87. The number of rotatable bonds is 6. The van der Waals surface area contributed by atoms with Crippen molar-refractivity contribution in [2.75, 3.05) is 37.9 Å². The minimum absolute atomic E-state index is 0.00621. The van der Waals surface area contributed by atoms with Gasteiger partial charge in [0.05, 0.1) is 6.54 Å². The van der Waals surface area contributed by atoms with Crippen LogP contribution >= 0.6 is 0 Å². The van der Waals surface area contributed by atoms with Gasteiger partial charge in [-0.25, -0.2) is 0 Å². The van der Waals surface area contributed by atoms with Gasteiger partial charge in [-0.1, -0.05) is 30.3 Å². The summed E-state index contributed by atoms with van der Waals surface area (Å²) in [7, 11) is 6.01. The van der Waals surface area contributed by atoms with Gasteiger partial charge in [0.25, 0.3) is 0 Å². The highest BCUT2D eigenvalue weighted by Gasteiger charge is 2.09. The van der Waals surface area contributed by atoms with Crippen molar-refractivity contribution in [1.29, 1.82) is 0 Å². The van der Waals surface area contributed by atoms with Crippen molar-refractivity contribution in [2.45, 2.75) is 13.5 Å². The van der Waals surface area contributed by atoms with Gasteiger partial charge in [-0.3, -0.25) is 9.69 Å². The summed E-state index contributed by atoms with van der Waals surface area (Å²) in [4.78, 5) is 16.2. The summed E-state index contributed by atoms with van der Waals surface area (Å²) in [5.41, 5.74) is 4.32. The van der Waals surface area contributed by atoms with Gasteiger partial charge in [-0.2, -0.15) is 0 Å². The molecule has 2 aromatic rings. The number of carbonyl (C=O) groups excluding carboxylic acids is 1. The van der Waals surface area contributed by atoms with E-state index in [1.165, 1.54) is 11.3 Å². The number of aryl methyl sites for hydroxylation is 1. The second kappa shape index (κ2) is 7.79.